The van der Waals surface area contributed by atoms with Crippen LogP contribution < -0.4 is 10.6 Å². The van der Waals surface area contributed by atoms with E-state index in [9.17, 15) is 0 Å². The molecule has 26 heavy (non-hydrogen) atoms. The zero-order chi connectivity index (χ0) is 17.7. The average molecular weight is 479 g/mol. The van der Waals surface area contributed by atoms with Gasteiger partial charge in [-0.15, -0.1) is 24.0 Å². The summed E-state index contributed by atoms with van der Waals surface area (Å²) in [5.74, 6) is 1.96. The van der Waals surface area contributed by atoms with Crippen molar-refractivity contribution in [2.45, 2.75) is 57.8 Å². The highest BCUT2D eigenvalue weighted by molar-refractivity contribution is 14.0. The Morgan fingerprint density at radius 3 is 2.38 bits per heavy atom. The summed E-state index contributed by atoms with van der Waals surface area (Å²) in [6.07, 6.45) is 12.4. The van der Waals surface area contributed by atoms with E-state index in [1.54, 1.807) is 0 Å². The van der Waals surface area contributed by atoms with Gasteiger partial charge in [-0.1, -0.05) is 32.1 Å². The smallest absolute Gasteiger partial charge is 0.190 e. The first-order chi connectivity index (χ1) is 12.3. The molecule has 1 heterocycles. The van der Waals surface area contributed by atoms with Crippen molar-refractivity contribution < 1.29 is 0 Å². The van der Waals surface area contributed by atoms with Crippen molar-refractivity contribution in [3.05, 3.63) is 0 Å². The predicted molar refractivity (Wildman–Crippen MR) is 124 cm³/mol. The van der Waals surface area contributed by atoms with Crippen LogP contribution in [0.2, 0.25) is 0 Å². The standard InChI is InChI=1S/C20H41N5.HI/c1-21-20(22-12-6-11-19-9-4-3-5-10-19)23-13-7-15-25-16-8-14-24(2)17-18-25;/h19H,3-18H2,1-2H3,(H2,21,22,23);1H. The first-order valence-electron chi connectivity index (χ1n) is 10.6. The number of aliphatic imine (C=N–C) groups is 1. The summed E-state index contributed by atoms with van der Waals surface area (Å²) in [5, 5.41) is 6.96. The minimum absolute atomic E-state index is 0. The number of nitrogens with zero attached hydrogens (tertiary/aromatic N) is 3. The quantitative estimate of drug-likeness (QED) is 0.243. The molecule has 2 N–H and O–H groups in total. The van der Waals surface area contributed by atoms with Gasteiger partial charge in [0.2, 0.25) is 0 Å². The van der Waals surface area contributed by atoms with E-state index in [2.05, 4.69) is 32.5 Å². The second-order valence-electron chi connectivity index (χ2n) is 7.92. The van der Waals surface area contributed by atoms with Crippen LogP contribution in [0.15, 0.2) is 4.99 Å². The van der Waals surface area contributed by atoms with E-state index in [1.807, 2.05) is 7.05 Å². The molecule has 2 aliphatic rings. The lowest BCUT2D eigenvalue weighted by Crippen LogP contribution is -2.39. The minimum Gasteiger partial charge on any atom is -0.356 e. The molecule has 0 aromatic carbocycles. The van der Waals surface area contributed by atoms with E-state index in [-0.39, 0.29) is 24.0 Å². The number of likely N-dealkylation sites (N-methyl/N-ethyl adjacent to an activating group) is 1. The molecule has 0 aromatic rings. The molecular weight excluding hydrogens is 437 g/mol. The second-order valence-corrected chi connectivity index (χ2v) is 7.92. The minimum atomic E-state index is 0. The highest BCUT2D eigenvalue weighted by Gasteiger charge is 2.13. The Hall–Kier alpha value is -0.0800. The van der Waals surface area contributed by atoms with Crippen LogP contribution in [0.1, 0.15) is 57.8 Å². The highest BCUT2D eigenvalue weighted by Crippen LogP contribution is 2.26. The van der Waals surface area contributed by atoms with Gasteiger partial charge < -0.3 is 20.4 Å². The van der Waals surface area contributed by atoms with Crippen molar-refractivity contribution in [1.82, 2.24) is 20.4 Å². The van der Waals surface area contributed by atoms with Crippen LogP contribution in [-0.4, -0.2) is 75.7 Å². The number of halogens is 1. The Morgan fingerprint density at radius 2 is 1.65 bits per heavy atom. The molecule has 0 amide bonds. The summed E-state index contributed by atoms with van der Waals surface area (Å²) in [6.45, 7) is 8.16. The first-order valence-corrected chi connectivity index (χ1v) is 10.6. The van der Waals surface area contributed by atoms with Crippen LogP contribution in [0.25, 0.3) is 0 Å². The van der Waals surface area contributed by atoms with Gasteiger partial charge in [-0.25, -0.2) is 0 Å². The van der Waals surface area contributed by atoms with Gasteiger partial charge >= 0.3 is 0 Å². The largest absolute Gasteiger partial charge is 0.356 e. The molecule has 1 saturated carbocycles. The molecule has 5 nitrogen and oxygen atoms in total. The summed E-state index contributed by atoms with van der Waals surface area (Å²) in [5.41, 5.74) is 0. The first kappa shape index (κ1) is 24.0. The molecular formula is C20H42IN5. The van der Waals surface area contributed by atoms with Crippen LogP contribution >= 0.6 is 24.0 Å². The number of hydrogen-bond donors (Lipinski definition) is 2. The number of nitrogens with one attached hydrogen (secondary N) is 2. The van der Waals surface area contributed by atoms with Crippen LogP contribution in [0.4, 0.5) is 0 Å². The third kappa shape index (κ3) is 10.3. The molecule has 2 rings (SSSR count). The Bertz CT molecular complexity index is 371. The maximum absolute atomic E-state index is 4.36. The van der Waals surface area contributed by atoms with E-state index in [4.69, 9.17) is 0 Å². The van der Waals surface area contributed by atoms with Crippen molar-refractivity contribution in [2.75, 3.05) is 59.9 Å². The maximum atomic E-state index is 4.36. The number of hydrogen-bond acceptors (Lipinski definition) is 3. The zero-order valence-electron chi connectivity index (χ0n) is 17.1. The Balaban J connectivity index is 0.00000338. The monoisotopic (exact) mass is 479 g/mol. The maximum Gasteiger partial charge on any atom is 0.190 e. The summed E-state index contributed by atoms with van der Waals surface area (Å²) in [7, 11) is 4.11. The molecule has 1 aliphatic heterocycles. The van der Waals surface area contributed by atoms with Crippen LogP contribution in [-0.2, 0) is 0 Å². The SMILES string of the molecule is CN=C(NCCCC1CCCCC1)NCCCN1CCCN(C)CC1.I. The number of guanidine groups is 1. The molecule has 2 fully saturated rings. The summed E-state index contributed by atoms with van der Waals surface area (Å²) < 4.78 is 0. The summed E-state index contributed by atoms with van der Waals surface area (Å²) in [6, 6.07) is 0. The molecule has 0 bridgehead atoms. The fourth-order valence-electron chi connectivity index (χ4n) is 4.13. The van der Waals surface area contributed by atoms with Gasteiger partial charge in [-0.05, 0) is 58.3 Å². The molecule has 0 radical (unpaired) electrons. The van der Waals surface area contributed by atoms with Crippen LogP contribution in [0, 0.1) is 5.92 Å². The van der Waals surface area contributed by atoms with E-state index in [0.29, 0.717) is 0 Å². The average Bonchev–Trinajstić information content (AvgIpc) is 2.85. The van der Waals surface area contributed by atoms with Gasteiger partial charge in [0.25, 0.3) is 0 Å². The third-order valence-electron chi connectivity index (χ3n) is 5.79. The molecule has 1 saturated heterocycles. The Morgan fingerprint density at radius 1 is 0.923 bits per heavy atom. The van der Waals surface area contributed by atoms with Crippen LogP contribution in [0.3, 0.4) is 0 Å². The van der Waals surface area contributed by atoms with Gasteiger partial charge in [-0.2, -0.15) is 0 Å². The molecule has 154 valence electrons. The van der Waals surface area contributed by atoms with Gasteiger partial charge in [0.1, 0.15) is 0 Å². The van der Waals surface area contributed by atoms with E-state index >= 15 is 0 Å². The fraction of sp³-hybridized carbons (Fsp3) is 0.950. The lowest BCUT2D eigenvalue weighted by molar-refractivity contribution is 0.274. The van der Waals surface area contributed by atoms with Crippen molar-refractivity contribution in [2.24, 2.45) is 10.9 Å². The van der Waals surface area contributed by atoms with Crippen molar-refractivity contribution in [1.29, 1.82) is 0 Å². The zero-order valence-corrected chi connectivity index (χ0v) is 19.5. The molecule has 6 heteroatoms. The van der Waals surface area contributed by atoms with Crippen molar-refractivity contribution >= 4 is 29.9 Å². The molecule has 0 atom stereocenters. The molecule has 1 aliphatic carbocycles. The van der Waals surface area contributed by atoms with Crippen molar-refractivity contribution in [3.8, 4) is 0 Å². The Kier molecular flexibility index (Phi) is 13.7. The molecule has 0 aromatic heterocycles. The predicted octanol–water partition coefficient (Wildman–Crippen LogP) is 3.16. The van der Waals surface area contributed by atoms with Crippen LogP contribution in [0.5, 0.6) is 0 Å². The third-order valence-corrected chi connectivity index (χ3v) is 5.79. The highest BCUT2D eigenvalue weighted by atomic mass is 127. The van der Waals surface area contributed by atoms with Gasteiger partial charge in [0.05, 0.1) is 0 Å². The fourth-order valence-corrected chi connectivity index (χ4v) is 4.13. The number of rotatable bonds is 8. The second kappa shape index (κ2) is 14.9. The lowest BCUT2D eigenvalue weighted by atomic mass is 9.86. The van der Waals surface area contributed by atoms with E-state index in [0.717, 1.165) is 25.0 Å². The lowest BCUT2D eigenvalue weighted by Gasteiger charge is -2.22. The van der Waals surface area contributed by atoms with Gasteiger partial charge in [0, 0.05) is 33.2 Å². The Labute approximate surface area is 178 Å². The van der Waals surface area contributed by atoms with E-state index in [1.165, 1.54) is 90.5 Å². The molecule has 0 unspecified atom stereocenters. The van der Waals surface area contributed by atoms with Gasteiger partial charge in [-0.3, -0.25) is 4.99 Å². The van der Waals surface area contributed by atoms with Crippen molar-refractivity contribution in [3.63, 3.8) is 0 Å². The summed E-state index contributed by atoms with van der Waals surface area (Å²) >= 11 is 0. The van der Waals surface area contributed by atoms with Gasteiger partial charge in [0.15, 0.2) is 5.96 Å². The molecule has 0 spiro atoms. The topological polar surface area (TPSA) is 42.9 Å². The normalized spacial score (nSPS) is 21.1. The summed E-state index contributed by atoms with van der Waals surface area (Å²) in [4.78, 5) is 9.40. The van der Waals surface area contributed by atoms with E-state index < -0.39 is 0 Å².